The fraction of sp³-hybridized carbons (Fsp3) is 0.882. The van der Waals surface area contributed by atoms with Gasteiger partial charge in [0.05, 0.1) is 0 Å². The van der Waals surface area contributed by atoms with Crippen molar-refractivity contribution in [3.05, 3.63) is 0 Å². The van der Waals surface area contributed by atoms with E-state index in [1.165, 1.54) is 0 Å². The molecule has 3 atom stereocenters. The van der Waals surface area contributed by atoms with Gasteiger partial charge in [-0.1, -0.05) is 34.6 Å². The van der Waals surface area contributed by atoms with Gasteiger partial charge in [-0.2, -0.15) is 0 Å². The zero-order valence-corrected chi connectivity index (χ0v) is 14.2. The van der Waals surface area contributed by atoms with Crippen molar-refractivity contribution in [1.29, 1.82) is 0 Å². The maximum absolute atomic E-state index is 12.6. The molecule has 0 N–H and O–H groups in total. The van der Waals surface area contributed by atoms with Crippen LogP contribution in [0.3, 0.4) is 0 Å². The van der Waals surface area contributed by atoms with Crippen LogP contribution in [0.15, 0.2) is 0 Å². The van der Waals surface area contributed by atoms with Gasteiger partial charge in [0.2, 0.25) is 11.8 Å². The number of amides is 2. The van der Waals surface area contributed by atoms with E-state index in [1.807, 2.05) is 23.6 Å². The maximum Gasteiger partial charge on any atom is 0.228 e. The Morgan fingerprint density at radius 1 is 1.10 bits per heavy atom. The lowest BCUT2D eigenvalue weighted by molar-refractivity contribution is -0.138. The molecular formula is C17H30N2O2. The number of hydrogen-bond donors (Lipinski definition) is 0. The molecule has 0 aromatic carbocycles. The second-order valence-electron chi connectivity index (χ2n) is 7.29. The van der Waals surface area contributed by atoms with E-state index in [2.05, 4.69) is 20.8 Å². The first-order valence-electron chi connectivity index (χ1n) is 8.43. The highest BCUT2D eigenvalue weighted by molar-refractivity contribution is 5.85. The van der Waals surface area contributed by atoms with Crippen molar-refractivity contribution in [2.75, 3.05) is 13.1 Å². The molecule has 0 spiro atoms. The molecule has 0 bridgehead atoms. The lowest BCUT2D eigenvalue weighted by Gasteiger charge is -2.31. The molecule has 3 unspecified atom stereocenters. The van der Waals surface area contributed by atoms with Gasteiger partial charge in [0, 0.05) is 37.0 Å². The average Bonchev–Trinajstić information content (AvgIpc) is 3.36. The van der Waals surface area contributed by atoms with Crippen LogP contribution in [-0.2, 0) is 9.59 Å². The summed E-state index contributed by atoms with van der Waals surface area (Å²) in [4.78, 5) is 28.5. The molecule has 0 saturated carbocycles. The second-order valence-corrected chi connectivity index (χ2v) is 7.29. The van der Waals surface area contributed by atoms with Gasteiger partial charge in [0.25, 0.3) is 0 Å². The van der Waals surface area contributed by atoms with E-state index in [4.69, 9.17) is 0 Å². The van der Waals surface area contributed by atoms with Crippen molar-refractivity contribution in [2.24, 2.45) is 11.3 Å². The highest BCUT2D eigenvalue weighted by Crippen LogP contribution is 2.37. The van der Waals surface area contributed by atoms with Crippen molar-refractivity contribution in [1.82, 2.24) is 9.80 Å². The summed E-state index contributed by atoms with van der Waals surface area (Å²) in [6, 6.07) is 0.929. The van der Waals surface area contributed by atoms with Crippen molar-refractivity contribution >= 4 is 11.8 Å². The predicted molar refractivity (Wildman–Crippen MR) is 83.8 cm³/mol. The van der Waals surface area contributed by atoms with Crippen molar-refractivity contribution in [3.8, 4) is 0 Å². The second kappa shape index (κ2) is 5.98. The summed E-state index contributed by atoms with van der Waals surface area (Å²) in [7, 11) is 0. The Kier molecular flexibility index (Phi) is 4.64. The zero-order valence-electron chi connectivity index (χ0n) is 14.2. The SMILES string of the molecule is CCC1CN1C(=O)CCC(C)C(C)(C)C(=O)N1CC1CC. The smallest absolute Gasteiger partial charge is 0.228 e. The van der Waals surface area contributed by atoms with Gasteiger partial charge in [-0.15, -0.1) is 0 Å². The fourth-order valence-corrected chi connectivity index (χ4v) is 3.04. The number of hydrogen-bond acceptors (Lipinski definition) is 2. The van der Waals surface area contributed by atoms with Crippen molar-refractivity contribution in [2.45, 2.75) is 72.4 Å². The Balaban J connectivity index is 1.80. The molecule has 2 aliphatic heterocycles. The summed E-state index contributed by atoms with van der Waals surface area (Å²) in [5, 5.41) is 0. The van der Waals surface area contributed by atoms with Gasteiger partial charge in [-0.25, -0.2) is 0 Å². The summed E-state index contributed by atoms with van der Waals surface area (Å²) in [5.41, 5.74) is -0.368. The van der Waals surface area contributed by atoms with Crippen LogP contribution in [0.4, 0.5) is 0 Å². The largest absolute Gasteiger partial charge is 0.336 e. The monoisotopic (exact) mass is 294 g/mol. The van der Waals surface area contributed by atoms with Gasteiger partial charge in [-0.3, -0.25) is 9.59 Å². The first-order valence-corrected chi connectivity index (χ1v) is 8.43. The van der Waals surface area contributed by atoms with Crippen LogP contribution in [0.25, 0.3) is 0 Å². The molecule has 21 heavy (non-hydrogen) atoms. The van der Waals surface area contributed by atoms with Gasteiger partial charge in [0.1, 0.15) is 0 Å². The number of carbonyl (C=O) groups excluding carboxylic acids is 2. The molecule has 4 heteroatoms. The topological polar surface area (TPSA) is 40.2 Å². The lowest BCUT2D eigenvalue weighted by Crippen LogP contribution is -2.37. The normalized spacial score (nSPS) is 25.8. The van der Waals surface area contributed by atoms with E-state index in [9.17, 15) is 9.59 Å². The summed E-state index contributed by atoms with van der Waals surface area (Å²) in [6.07, 6.45) is 3.47. The van der Waals surface area contributed by atoms with E-state index in [1.54, 1.807) is 0 Å². The molecule has 2 saturated heterocycles. The van der Waals surface area contributed by atoms with E-state index in [0.717, 1.165) is 32.4 Å². The van der Waals surface area contributed by atoms with Crippen LogP contribution in [0, 0.1) is 11.3 Å². The Hall–Kier alpha value is -1.06. The number of carbonyl (C=O) groups is 2. The molecular weight excluding hydrogens is 264 g/mol. The predicted octanol–water partition coefficient (Wildman–Crippen LogP) is 2.67. The van der Waals surface area contributed by atoms with Crippen LogP contribution in [0.5, 0.6) is 0 Å². The molecule has 0 aromatic heterocycles. The first kappa shape index (κ1) is 16.3. The molecule has 0 aliphatic carbocycles. The van der Waals surface area contributed by atoms with Crippen molar-refractivity contribution in [3.63, 3.8) is 0 Å². The minimum atomic E-state index is -0.368. The molecule has 2 aliphatic rings. The Labute approximate surface area is 128 Å². The minimum absolute atomic E-state index is 0.229. The standard InChI is InChI=1S/C17H30N2O2/c1-6-13-10-18(13)15(20)9-8-12(3)17(4,5)16(21)19-11-14(19)7-2/h12-14H,6-11H2,1-5H3. The fourth-order valence-electron chi connectivity index (χ4n) is 3.04. The Morgan fingerprint density at radius 2 is 1.62 bits per heavy atom. The van der Waals surface area contributed by atoms with Crippen LogP contribution in [-0.4, -0.2) is 46.8 Å². The van der Waals surface area contributed by atoms with Gasteiger partial charge >= 0.3 is 0 Å². The first-order chi connectivity index (χ1) is 9.82. The maximum atomic E-state index is 12.6. The lowest BCUT2D eigenvalue weighted by atomic mass is 9.76. The molecule has 2 fully saturated rings. The van der Waals surface area contributed by atoms with Crippen LogP contribution in [0.2, 0.25) is 0 Å². The summed E-state index contributed by atoms with van der Waals surface area (Å²) >= 11 is 0. The van der Waals surface area contributed by atoms with Gasteiger partial charge < -0.3 is 9.80 Å². The minimum Gasteiger partial charge on any atom is -0.336 e. The van der Waals surface area contributed by atoms with Crippen molar-refractivity contribution < 1.29 is 9.59 Å². The van der Waals surface area contributed by atoms with E-state index in [-0.39, 0.29) is 23.1 Å². The Bertz CT molecular complexity index is 419. The van der Waals surface area contributed by atoms with E-state index < -0.39 is 0 Å². The molecule has 0 radical (unpaired) electrons. The molecule has 120 valence electrons. The highest BCUT2D eigenvalue weighted by atomic mass is 16.2. The average molecular weight is 294 g/mol. The van der Waals surface area contributed by atoms with Crippen LogP contribution in [0.1, 0.15) is 60.3 Å². The van der Waals surface area contributed by atoms with Crippen LogP contribution < -0.4 is 0 Å². The number of nitrogens with zero attached hydrogens (tertiary/aromatic N) is 2. The highest BCUT2D eigenvalue weighted by Gasteiger charge is 2.46. The third-order valence-corrected chi connectivity index (χ3v) is 5.53. The molecule has 2 amide bonds. The number of rotatable bonds is 7. The van der Waals surface area contributed by atoms with Gasteiger partial charge in [-0.05, 0) is 25.2 Å². The molecule has 4 nitrogen and oxygen atoms in total. The molecule has 0 aromatic rings. The van der Waals surface area contributed by atoms with Crippen LogP contribution >= 0.6 is 0 Å². The third kappa shape index (κ3) is 3.41. The Morgan fingerprint density at radius 3 is 2.10 bits per heavy atom. The van der Waals surface area contributed by atoms with E-state index >= 15 is 0 Å². The molecule has 2 rings (SSSR count). The quantitative estimate of drug-likeness (QED) is 0.677. The summed E-state index contributed by atoms with van der Waals surface area (Å²) < 4.78 is 0. The summed E-state index contributed by atoms with van der Waals surface area (Å²) in [5.74, 6) is 0.745. The third-order valence-electron chi connectivity index (χ3n) is 5.53. The van der Waals surface area contributed by atoms with Gasteiger partial charge in [0.15, 0.2) is 0 Å². The zero-order chi connectivity index (χ0) is 15.8. The summed E-state index contributed by atoms with van der Waals surface area (Å²) in [6.45, 7) is 12.3. The van der Waals surface area contributed by atoms with E-state index in [0.29, 0.717) is 18.5 Å². The molecule has 2 heterocycles.